The van der Waals surface area contributed by atoms with E-state index < -0.39 is 5.97 Å². The average Bonchev–Trinajstić information content (AvgIpc) is 3.14. The number of hydrogen-bond donors (Lipinski definition) is 1. The minimum atomic E-state index is -0.478. The molecule has 0 aliphatic rings. The minimum absolute atomic E-state index is 0.0918. The van der Waals surface area contributed by atoms with Gasteiger partial charge in [0.1, 0.15) is 5.75 Å². The fraction of sp³-hybridized carbons (Fsp3) is 0.238. The number of nitrogens with zero attached hydrogens (tertiary/aromatic N) is 3. The molecular weight excluding hydrogens is 440 g/mol. The van der Waals surface area contributed by atoms with Gasteiger partial charge in [-0.15, -0.1) is 10.2 Å². The second-order valence-electron chi connectivity index (χ2n) is 6.35. The number of hydrogen-bond acceptors (Lipinski definition) is 7. The molecule has 1 aromatic heterocycles. The van der Waals surface area contributed by atoms with Gasteiger partial charge in [0, 0.05) is 12.6 Å². The molecule has 0 aliphatic carbocycles. The minimum Gasteiger partial charge on any atom is -0.497 e. The first-order valence-corrected chi connectivity index (χ1v) is 10.7. The Morgan fingerprint density at radius 3 is 2.58 bits per heavy atom. The number of nitrogens with one attached hydrogen (secondary N) is 1. The zero-order chi connectivity index (χ0) is 22.4. The van der Waals surface area contributed by atoms with Gasteiger partial charge in [-0.1, -0.05) is 23.4 Å². The third-order valence-corrected chi connectivity index (χ3v) is 5.62. The lowest BCUT2D eigenvalue weighted by Crippen LogP contribution is -2.15. The molecule has 31 heavy (non-hydrogen) atoms. The molecule has 1 N–H and O–H groups in total. The fourth-order valence-electron chi connectivity index (χ4n) is 2.71. The number of rotatable bonds is 8. The van der Waals surface area contributed by atoms with Crippen molar-refractivity contribution in [3.63, 3.8) is 0 Å². The van der Waals surface area contributed by atoms with Gasteiger partial charge in [0.05, 0.1) is 35.7 Å². The number of halogens is 1. The summed E-state index contributed by atoms with van der Waals surface area (Å²) in [6, 6.07) is 12.1. The number of aromatic nitrogens is 3. The predicted molar refractivity (Wildman–Crippen MR) is 120 cm³/mol. The number of anilines is 1. The van der Waals surface area contributed by atoms with E-state index in [4.69, 9.17) is 21.1 Å². The van der Waals surface area contributed by atoms with E-state index in [1.807, 2.05) is 35.9 Å². The number of ether oxygens (including phenoxy) is 2. The lowest BCUT2D eigenvalue weighted by Gasteiger charge is -2.09. The van der Waals surface area contributed by atoms with Crippen LogP contribution in [0.25, 0.3) is 11.4 Å². The molecule has 0 unspecified atom stereocenters. The Morgan fingerprint density at radius 1 is 1.16 bits per heavy atom. The van der Waals surface area contributed by atoms with Gasteiger partial charge < -0.3 is 19.4 Å². The number of thioether (sulfide) groups is 1. The standard InChI is InChI=1S/C21H21ClN4O4S/c1-4-30-20(28)14-7-10-16(22)17(11-14)23-18(27)12-31-21-25-24-19(26(21)2)13-5-8-15(29-3)9-6-13/h5-11H,4,12H2,1-3H3,(H,23,27). The maximum absolute atomic E-state index is 12.4. The highest BCUT2D eigenvalue weighted by atomic mass is 35.5. The summed E-state index contributed by atoms with van der Waals surface area (Å²) < 4.78 is 12.0. The van der Waals surface area contributed by atoms with Crippen molar-refractivity contribution in [1.29, 1.82) is 0 Å². The van der Waals surface area contributed by atoms with Crippen molar-refractivity contribution in [2.75, 3.05) is 24.8 Å². The van der Waals surface area contributed by atoms with Gasteiger partial charge in [0.2, 0.25) is 5.91 Å². The van der Waals surface area contributed by atoms with Crippen molar-refractivity contribution < 1.29 is 19.1 Å². The Labute approximate surface area is 188 Å². The number of esters is 1. The molecule has 162 valence electrons. The van der Waals surface area contributed by atoms with E-state index >= 15 is 0 Å². The van der Waals surface area contributed by atoms with E-state index in [9.17, 15) is 9.59 Å². The van der Waals surface area contributed by atoms with Crippen molar-refractivity contribution in [3.8, 4) is 17.1 Å². The largest absolute Gasteiger partial charge is 0.497 e. The normalized spacial score (nSPS) is 10.6. The summed E-state index contributed by atoms with van der Waals surface area (Å²) in [7, 11) is 3.44. The molecule has 0 spiro atoms. The van der Waals surface area contributed by atoms with E-state index in [2.05, 4.69) is 15.5 Å². The molecule has 8 nitrogen and oxygen atoms in total. The van der Waals surface area contributed by atoms with E-state index in [0.29, 0.717) is 27.3 Å². The van der Waals surface area contributed by atoms with Crippen LogP contribution in [0.3, 0.4) is 0 Å². The molecule has 0 saturated heterocycles. The van der Waals surface area contributed by atoms with Crippen LogP contribution in [0.1, 0.15) is 17.3 Å². The highest BCUT2D eigenvalue weighted by Gasteiger charge is 2.15. The lowest BCUT2D eigenvalue weighted by molar-refractivity contribution is -0.113. The molecule has 0 bridgehead atoms. The molecule has 0 saturated carbocycles. The molecule has 0 atom stereocenters. The Morgan fingerprint density at radius 2 is 1.90 bits per heavy atom. The Hall–Kier alpha value is -3.04. The van der Waals surface area contributed by atoms with E-state index in [1.165, 1.54) is 17.8 Å². The SMILES string of the molecule is CCOC(=O)c1ccc(Cl)c(NC(=O)CSc2nnc(-c3ccc(OC)cc3)n2C)c1. The Bertz CT molecular complexity index is 1090. The van der Waals surface area contributed by atoms with Gasteiger partial charge in [-0.2, -0.15) is 0 Å². The third-order valence-electron chi connectivity index (χ3n) is 4.27. The molecule has 0 radical (unpaired) electrons. The van der Waals surface area contributed by atoms with Gasteiger partial charge in [-0.3, -0.25) is 4.79 Å². The fourth-order valence-corrected chi connectivity index (χ4v) is 3.59. The zero-order valence-corrected chi connectivity index (χ0v) is 18.8. The molecule has 10 heteroatoms. The second-order valence-corrected chi connectivity index (χ2v) is 7.70. The lowest BCUT2D eigenvalue weighted by atomic mass is 10.2. The summed E-state index contributed by atoms with van der Waals surface area (Å²) >= 11 is 7.39. The summed E-state index contributed by atoms with van der Waals surface area (Å²) in [5.74, 6) is 0.754. The van der Waals surface area contributed by atoms with Crippen LogP contribution in [-0.2, 0) is 16.6 Å². The maximum atomic E-state index is 12.4. The summed E-state index contributed by atoms with van der Waals surface area (Å²) in [4.78, 5) is 24.3. The first-order valence-electron chi connectivity index (χ1n) is 9.36. The number of methoxy groups -OCH3 is 1. The van der Waals surface area contributed by atoms with Crippen LogP contribution < -0.4 is 10.1 Å². The van der Waals surface area contributed by atoms with E-state index in [0.717, 1.165) is 11.3 Å². The highest BCUT2D eigenvalue weighted by Crippen LogP contribution is 2.26. The zero-order valence-electron chi connectivity index (χ0n) is 17.2. The van der Waals surface area contributed by atoms with Gasteiger partial charge in [0.15, 0.2) is 11.0 Å². The smallest absolute Gasteiger partial charge is 0.338 e. The quantitative estimate of drug-likeness (QED) is 0.400. The number of carbonyl (C=O) groups is 2. The molecule has 2 aromatic carbocycles. The molecule has 1 heterocycles. The first-order chi connectivity index (χ1) is 14.9. The predicted octanol–water partition coefficient (Wildman–Crippen LogP) is 4.05. The summed E-state index contributed by atoms with van der Waals surface area (Å²) in [5.41, 5.74) is 1.54. The van der Waals surface area contributed by atoms with Crippen molar-refractivity contribution in [2.45, 2.75) is 12.1 Å². The molecule has 0 aliphatic heterocycles. The molecule has 0 fully saturated rings. The summed E-state index contributed by atoms with van der Waals surface area (Å²) in [5, 5.41) is 12.0. The topological polar surface area (TPSA) is 95.3 Å². The van der Waals surface area contributed by atoms with Crippen LogP contribution in [0, 0.1) is 0 Å². The van der Waals surface area contributed by atoms with Crippen molar-refractivity contribution >= 4 is 40.9 Å². The van der Waals surface area contributed by atoms with Crippen LogP contribution >= 0.6 is 23.4 Å². The summed E-state index contributed by atoms with van der Waals surface area (Å²) in [6.45, 7) is 1.98. The van der Waals surface area contributed by atoms with Gasteiger partial charge in [-0.25, -0.2) is 4.79 Å². The molecule has 1 amide bonds. The highest BCUT2D eigenvalue weighted by molar-refractivity contribution is 7.99. The van der Waals surface area contributed by atoms with Crippen LogP contribution in [0.2, 0.25) is 5.02 Å². The van der Waals surface area contributed by atoms with Crippen molar-refractivity contribution in [2.24, 2.45) is 7.05 Å². The Kier molecular flexibility index (Phi) is 7.54. The number of benzene rings is 2. The monoisotopic (exact) mass is 460 g/mol. The van der Waals surface area contributed by atoms with Gasteiger partial charge in [-0.05, 0) is 49.4 Å². The second kappa shape index (κ2) is 10.3. The van der Waals surface area contributed by atoms with Crippen LogP contribution in [0.5, 0.6) is 5.75 Å². The van der Waals surface area contributed by atoms with Gasteiger partial charge in [0.25, 0.3) is 0 Å². The maximum Gasteiger partial charge on any atom is 0.338 e. The number of carbonyl (C=O) groups excluding carboxylic acids is 2. The Balaban J connectivity index is 1.64. The average molecular weight is 461 g/mol. The first kappa shape index (κ1) is 22.6. The third kappa shape index (κ3) is 5.56. The van der Waals surface area contributed by atoms with E-state index in [1.54, 1.807) is 26.2 Å². The van der Waals surface area contributed by atoms with Crippen LogP contribution in [-0.4, -0.2) is 46.1 Å². The molecular formula is C21H21ClN4O4S. The molecule has 3 rings (SSSR count). The number of amides is 1. The summed E-state index contributed by atoms with van der Waals surface area (Å²) in [6.07, 6.45) is 0. The van der Waals surface area contributed by atoms with Crippen molar-refractivity contribution in [1.82, 2.24) is 14.8 Å². The van der Waals surface area contributed by atoms with Crippen LogP contribution in [0.4, 0.5) is 5.69 Å². The van der Waals surface area contributed by atoms with Gasteiger partial charge >= 0.3 is 5.97 Å². The van der Waals surface area contributed by atoms with Crippen molar-refractivity contribution in [3.05, 3.63) is 53.1 Å². The van der Waals surface area contributed by atoms with E-state index in [-0.39, 0.29) is 18.3 Å². The molecule has 3 aromatic rings. The van der Waals surface area contributed by atoms with Crippen LogP contribution in [0.15, 0.2) is 47.6 Å².